The number of nitrogens with zero attached hydrogens (tertiary/aromatic N) is 3. The van der Waals surface area contributed by atoms with Crippen molar-refractivity contribution in [2.45, 2.75) is 45.6 Å². The Labute approximate surface area is 160 Å². The molecule has 0 spiro atoms. The molecule has 0 unspecified atom stereocenters. The number of furan rings is 1. The Bertz CT molecular complexity index is 704. The lowest BCUT2D eigenvalue weighted by atomic mass is 9.83. The van der Waals surface area contributed by atoms with Crippen LogP contribution in [0.4, 0.5) is 0 Å². The van der Waals surface area contributed by atoms with Crippen LogP contribution < -0.4 is 10.6 Å². The van der Waals surface area contributed by atoms with Gasteiger partial charge < -0.3 is 19.8 Å². The van der Waals surface area contributed by atoms with Crippen LogP contribution in [0.15, 0.2) is 27.8 Å². The summed E-state index contributed by atoms with van der Waals surface area (Å²) in [4.78, 5) is 9.09. The molecule has 0 radical (unpaired) electrons. The van der Waals surface area contributed by atoms with Gasteiger partial charge >= 0.3 is 0 Å². The number of ether oxygens (including phenoxy) is 1. The lowest BCUT2D eigenvalue weighted by Gasteiger charge is -2.29. The molecule has 2 aromatic heterocycles. The third-order valence-corrected chi connectivity index (χ3v) is 5.14. The molecule has 1 aliphatic rings. The van der Waals surface area contributed by atoms with E-state index in [1.54, 1.807) is 13.4 Å². The van der Waals surface area contributed by atoms with Crippen LogP contribution in [0, 0.1) is 5.41 Å². The van der Waals surface area contributed by atoms with Gasteiger partial charge in [-0.25, -0.2) is 9.98 Å². The molecule has 8 heteroatoms. The number of H-pyrrole nitrogens is 1. The molecule has 0 aliphatic heterocycles. The summed E-state index contributed by atoms with van der Waals surface area (Å²) in [6.45, 7) is 5.02. The third-order valence-electron chi connectivity index (χ3n) is 5.14. The van der Waals surface area contributed by atoms with E-state index >= 15 is 0 Å². The van der Waals surface area contributed by atoms with Gasteiger partial charge in [-0.15, -0.1) is 5.10 Å². The van der Waals surface area contributed by atoms with Gasteiger partial charge in [0.15, 0.2) is 11.7 Å². The number of hydrogen-bond acceptors (Lipinski definition) is 5. The number of nitrogens with one attached hydrogen (secondary N) is 3. The molecule has 0 amide bonds. The largest absolute Gasteiger partial charge is 0.461 e. The van der Waals surface area contributed by atoms with Gasteiger partial charge in [0.1, 0.15) is 12.4 Å². The van der Waals surface area contributed by atoms with Crippen molar-refractivity contribution in [2.24, 2.45) is 10.4 Å². The molecule has 1 fully saturated rings. The van der Waals surface area contributed by atoms with E-state index in [1.165, 1.54) is 25.7 Å². The second kappa shape index (κ2) is 9.55. The van der Waals surface area contributed by atoms with Crippen LogP contribution in [-0.4, -0.2) is 47.9 Å². The Morgan fingerprint density at radius 1 is 1.37 bits per heavy atom. The maximum absolute atomic E-state index is 5.32. The molecule has 0 atom stereocenters. The quantitative estimate of drug-likeness (QED) is 0.461. The molecule has 1 saturated carbocycles. The van der Waals surface area contributed by atoms with Crippen LogP contribution in [0.1, 0.15) is 44.9 Å². The number of aromatic nitrogens is 3. The molecule has 2 aromatic rings. The fraction of sp³-hybridized carbons (Fsp3) is 0.632. The highest BCUT2D eigenvalue weighted by molar-refractivity contribution is 5.79. The van der Waals surface area contributed by atoms with Gasteiger partial charge in [0.25, 0.3) is 0 Å². The van der Waals surface area contributed by atoms with Crippen LogP contribution >= 0.6 is 0 Å². The van der Waals surface area contributed by atoms with E-state index < -0.39 is 0 Å². The highest BCUT2D eigenvalue weighted by atomic mass is 16.5. The van der Waals surface area contributed by atoms with E-state index in [2.05, 4.69) is 37.7 Å². The molecule has 3 N–H and O–H groups in total. The van der Waals surface area contributed by atoms with E-state index in [-0.39, 0.29) is 0 Å². The Hall–Kier alpha value is -2.35. The van der Waals surface area contributed by atoms with Gasteiger partial charge in [0.2, 0.25) is 5.82 Å². The molecule has 148 valence electrons. The minimum Gasteiger partial charge on any atom is -0.461 e. The summed E-state index contributed by atoms with van der Waals surface area (Å²) >= 11 is 0. The first-order valence-corrected chi connectivity index (χ1v) is 9.71. The summed E-state index contributed by atoms with van der Waals surface area (Å²) in [5.41, 5.74) is 0.310. The average molecular weight is 374 g/mol. The zero-order valence-corrected chi connectivity index (χ0v) is 16.3. The zero-order chi connectivity index (χ0) is 19.0. The zero-order valence-electron chi connectivity index (χ0n) is 16.3. The van der Waals surface area contributed by atoms with Crippen molar-refractivity contribution in [1.29, 1.82) is 0 Å². The summed E-state index contributed by atoms with van der Waals surface area (Å²) in [6.07, 6.45) is 7.79. The lowest BCUT2D eigenvalue weighted by Crippen LogP contribution is -2.43. The van der Waals surface area contributed by atoms with Crippen LogP contribution in [0.3, 0.4) is 0 Å². The number of methoxy groups -OCH3 is 1. The Balaban J connectivity index is 1.59. The van der Waals surface area contributed by atoms with Crippen molar-refractivity contribution in [3.05, 3.63) is 24.2 Å². The molecule has 2 heterocycles. The van der Waals surface area contributed by atoms with Crippen molar-refractivity contribution in [3.8, 4) is 11.6 Å². The minimum atomic E-state index is 0.310. The summed E-state index contributed by atoms with van der Waals surface area (Å²) in [7, 11) is 1.77. The van der Waals surface area contributed by atoms with E-state index in [1.807, 2.05) is 12.1 Å². The standard InChI is InChI=1S/C19H30N6O2/c1-3-20-18(22-14-19(10-12-26-2)8-4-5-9-19)21-13-16-23-17(25-24-16)15-7-6-11-27-15/h6-7,11H,3-5,8-10,12-14H2,1-2H3,(H2,20,21,22)(H,23,24,25). The molecule has 0 saturated heterocycles. The van der Waals surface area contributed by atoms with Gasteiger partial charge in [-0.2, -0.15) is 0 Å². The molecule has 3 rings (SSSR count). The number of aliphatic imine (C=N–C) groups is 1. The predicted octanol–water partition coefficient (Wildman–Crippen LogP) is 2.72. The molecule has 1 aliphatic carbocycles. The minimum absolute atomic E-state index is 0.310. The number of aromatic amines is 1. The maximum Gasteiger partial charge on any atom is 0.216 e. The smallest absolute Gasteiger partial charge is 0.216 e. The molecule has 27 heavy (non-hydrogen) atoms. The van der Waals surface area contributed by atoms with E-state index in [0.29, 0.717) is 29.4 Å². The van der Waals surface area contributed by atoms with Gasteiger partial charge in [-0.1, -0.05) is 12.8 Å². The lowest BCUT2D eigenvalue weighted by molar-refractivity contribution is 0.138. The van der Waals surface area contributed by atoms with Crippen LogP contribution in [0.5, 0.6) is 0 Å². The highest BCUT2D eigenvalue weighted by Gasteiger charge is 2.33. The first-order valence-electron chi connectivity index (χ1n) is 9.71. The summed E-state index contributed by atoms with van der Waals surface area (Å²) in [5, 5.41) is 13.9. The van der Waals surface area contributed by atoms with Gasteiger partial charge in [-0.3, -0.25) is 5.10 Å². The van der Waals surface area contributed by atoms with Crippen molar-refractivity contribution < 1.29 is 9.15 Å². The molecule has 0 bridgehead atoms. The Morgan fingerprint density at radius 2 is 2.22 bits per heavy atom. The molecule has 8 nitrogen and oxygen atoms in total. The Kier molecular flexibility index (Phi) is 6.86. The summed E-state index contributed by atoms with van der Waals surface area (Å²) in [6, 6.07) is 3.65. The average Bonchev–Trinajstić information content (AvgIpc) is 3.44. The second-order valence-electron chi connectivity index (χ2n) is 7.08. The van der Waals surface area contributed by atoms with Gasteiger partial charge in [-0.05, 0) is 43.7 Å². The first kappa shape index (κ1) is 19.4. The van der Waals surface area contributed by atoms with E-state index in [0.717, 1.165) is 32.1 Å². The summed E-state index contributed by atoms with van der Waals surface area (Å²) < 4.78 is 10.6. The number of guanidine groups is 1. The topological polar surface area (TPSA) is 100 Å². The SMILES string of the molecule is CCNC(=NCc1nc(-c2ccco2)n[nH]1)NCC1(CCOC)CCCC1. The molecular weight excluding hydrogens is 344 g/mol. The van der Waals surface area contributed by atoms with Crippen LogP contribution in [-0.2, 0) is 11.3 Å². The first-order chi connectivity index (χ1) is 13.2. The molecular formula is C19H30N6O2. The van der Waals surface area contributed by atoms with Gasteiger partial charge in [0.05, 0.1) is 6.26 Å². The fourth-order valence-corrected chi connectivity index (χ4v) is 3.61. The van der Waals surface area contributed by atoms with Gasteiger partial charge in [0, 0.05) is 26.8 Å². The number of hydrogen-bond donors (Lipinski definition) is 3. The fourth-order valence-electron chi connectivity index (χ4n) is 3.61. The van der Waals surface area contributed by atoms with Crippen molar-refractivity contribution in [2.75, 3.05) is 26.8 Å². The van der Waals surface area contributed by atoms with Crippen LogP contribution in [0.2, 0.25) is 0 Å². The highest BCUT2D eigenvalue weighted by Crippen LogP contribution is 2.40. The van der Waals surface area contributed by atoms with Crippen molar-refractivity contribution in [1.82, 2.24) is 25.8 Å². The van der Waals surface area contributed by atoms with Crippen molar-refractivity contribution >= 4 is 5.96 Å². The van der Waals surface area contributed by atoms with Crippen LogP contribution in [0.25, 0.3) is 11.6 Å². The number of rotatable bonds is 9. The van der Waals surface area contributed by atoms with Crippen molar-refractivity contribution in [3.63, 3.8) is 0 Å². The predicted molar refractivity (Wildman–Crippen MR) is 104 cm³/mol. The molecule has 0 aromatic carbocycles. The maximum atomic E-state index is 5.32. The normalized spacial score (nSPS) is 16.6. The summed E-state index contributed by atoms with van der Waals surface area (Å²) in [5.74, 6) is 2.70. The monoisotopic (exact) mass is 374 g/mol. The third kappa shape index (κ3) is 5.32. The second-order valence-corrected chi connectivity index (χ2v) is 7.08. The van der Waals surface area contributed by atoms with E-state index in [9.17, 15) is 0 Å². The van der Waals surface area contributed by atoms with E-state index in [4.69, 9.17) is 9.15 Å². The Morgan fingerprint density at radius 3 is 2.93 bits per heavy atom.